The summed E-state index contributed by atoms with van der Waals surface area (Å²) >= 11 is 0. The molecule has 1 fully saturated rings. The van der Waals surface area contributed by atoms with Crippen LogP contribution in [0.1, 0.15) is 71.6 Å². The van der Waals surface area contributed by atoms with Crippen molar-refractivity contribution in [3.05, 3.63) is 6.54 Å². The van der Waals surface area contributed by atoms with Crippen molar-refractivity contribution in [2.75, 3.05) is 13.1 Å². The lowest BCUT2D eigenvalue weighted by Gasteiger charge is -2.13. The maximum atomic E-state index is 11.7. The summed E-state index contributed by atoms with van der Waals surface area (Å²) in [4.78, 5) is 13.9. The molecule has 19 heavy (non-hydrogen) atoms. The summed E-state index contributed by atoms with van der Waals surface area (Å²) in [5.41, 5.74) is 0. The molecular formula is C16H30NO2. The summed E-state index contributed by atoms with van der Waals surface area (Å²) in [6, 6.07) is 0. The molecule has 1 radical (unpaired) electrons. The Morgan fingerprint density at radius 1 is 1.16 bits per heavy atom. The number of esters is 1. The fraction of sp³-hybridized carbons (Fsp3) is 0.875. The summed E-state index contributed by atoms with van der Waals surface area (Å²) in [6.07, 6.45) is 10.3. The van der Waals surface area contributed by atoms with E-state index in [0.29, 0.717) is 6.42 Å². The van der Waals surface area contributed by atoms with E-state index >= 15 is 0 Å². The number of ether oxygens (including phenoxy) is 1. The molecular weight excluding hydrogens is 238 g/mol. The van der Waals surface area contributed by atoms with E-state index in [1.54, 1.807) is 0 Å². The highest BCUT2D eigenvalue weighted by atomic mass is 16.5. The summed E-state index contributed by atoms with van der Waals surface area (Å²) in [5.74, 6) is -0.00934. The zero-order valence-corrected chi connectivity index (χ0v) is 12.7. The van der Waals surface area contributed by atoms with E-state index < -0.39 is 0 Å². The largest absolute Gasteiger partial charge is 0.461 e. The molecule has 0 N–H and O–H groups in total. The molecule has 0 aliphatic carbocycles. The Hall–Kier alpha value is -0.570. The third kappa shape index (κ3) is 7.56. The maximum absolute atomic E-state index is 11.7. The Morgan fingerprint density at radius 3 is 2.47 bits per heavy atom. The van der Waals surface area contributed by atoms with Gasteiger partial charge in [-0.15, -0.1) is 0 Å². The van der Waals surface area contributed by atoms with Crippen LogP contribution in [0.3, 0.4) is 0 Å². The average molecular weight is 268 g/mol. The van der Waals surface area contributed by atoms with Crippen LogP contribution < -0.4 is 0 Å². The van der Waals surface area contributed by atoms with Crippen LogP contribution in [-0.2, 0) is 9.53 Å². The highest BCUT2D eigenvalue weighted by Gasteiger charge is 2.24. The van der Waals surface area contributed by atoms with Crippen molar-refractivity contribution < 1.29 is 9.53 Å². The molecule has 111 valence electrons. The van der Waals surface area contributed by atoms with E-state index in [1.165, 1.54) is 32.1 Å². The minimum atomic E-state index is -0.00934. The van der Waals surface area contributed by atoms with Gasteiger partial charge in [0.05, 0.1) is 0 Å². The third-order valence-corrected chi connectivity index (χ3v) is 3.75. The Bertz CT molecular complexity index is 243. The molecule has 1 aliphatic rings. The van der Waals surface area contributed by atoms with Gasteiger partial charge in [0.1, 0.15) is 6.10 Å². The lowest BCUT2D eigenvalue weighted by atomic mass is 10.1. The average Bonchev–Trinajstić information content (AvgIpc) is 2.85. The van der Waals surface area contributed by atoms with Crippen LogP contribution >= 0.6 is 0 Å². The van der Waals surface area contributed by atoms with Crippen LogP contribution in [0.5, 0.6) is 0 Å². The lowest BCUT2D eigenvalue weighted by Crippen LogP contribution is -2.23. The van der Waals surface area contributed by atoms with Crippen molar-refractivity contribution in [2.45, 2.75) is 77.7 Å². The van der Waals surface area contributed by atoms with E-state index in [4.69, 9.17) is 4.74 Å². The van der Waals surface area contributed by atoms with Gasteiger partial charge in [-0.3, -0.25) is 9.69 Å². The Labute approximate surface area is 118 Å². The number of likely N-dealkylation sites (tertiary alicyclic amines) is 1. The quantitative estimate of drug-likeness (QED) is 0.444. The second-order valence-electron chi connectivity index (χ2n) is 5.49. The molecule has 0 saturated carbocycles. The fourth-order valence-corrected chi connectivity index (χ4v) is 2.49. The maximum Gasteiger partial charge on any atom is 0.306 e. The van der Waals surface area contributed by atoms with Gasteiger partial charge in [-0.05, 0) is 13.0 Å². The standard InChI is InChI=1S/C16H30NO2/c1-3-5-6-7-8-9-10-11-16(18)19-15-12-13-17(4-2)14-15/h13,15H,3-12,14H2,1-2H3. The summed E-state index contributed by atoms with van der Waals surface area (Å²) in [7, 11) is 0. The van der Waals surface area contributed by atoms with Crippen LogP contribution in [0.15, 0.2) is 0 Å². The van der Waals surface area contributed by atoms with Crippen molar-refractivity contribution in [1.29, 1.82) is 0 Å². The van der Waals surface area contributed by atoms with Crippen LogP contribution in [0.4, 0.5) is 0 Å². The van der Waals surface area contributed by atoms with Gasteiger partial charge in [-0.25, -0.2) is 0 Å². The number of hydrogen-bond acceptors (Lipinski definition) is 3. The number of rotatable bonds is 10. The van der Waals surface area contributed by atoms with Crippen LogP contribution in [-0.4, -0.2) is 30.1 Å². The predicted molar refractivity (Wildman–Crippen MR) is 78.7 cm³/mol. The van der Waals surface area contributed by atoms with Crippen molar-refractivity contribution in [2.24, 2.45) is 0 Å². The van der Waals surface area contributed by atoms with Gasteiger partial charge in [0.2, 0.25) is 0 Å². The van der Waals surface area contributed by atoms with Crippen molar-refractivity contribution >= 4 is 5.97 Å². The molecule has 0 amide bonds. The number of nitrogens with zero attached hydrogens (tertiary/aromatic N) is 1. The lowest BCUT2D eigenvalue weighted by molar-refractivity contribution is -0.148. The van der Waals surface area contributed by atoms with Gasteiger partial charge in [-0.2, -0.15) is 0 Å². The summed E-state index contributed by atoms with van der Waals surface area (Å²) < 4.78 is 5.48. The molecule has 0 aromatic carbocycles. The van der Waals surface area contributed by atoms with E-state index in [-0.39, 0.29) is 12.1 Å². The first-order chi connectivity index (χ1) is 9.26. The predicted octanol–water partition coefficient (Wildman–Crippen LogP) is 3.93. The van der Waals surface area contributed by atoms with Gasteiger partial charge < -0.3 is 4.74 Å². The first kappa shape index (κ1) is 16.5. The Balaban J connectivity index is 1.94. The van der Waals surface area contributed by atoms with E-state index in [9.17, 15) is 4.79 Å². The second-order valence-corrected chi connectivity index (χ2v) is 5.49. The number of carbonyl (C=O) groups is 1. The minimum Gasteiger partial charge on any atom is -0.461 e. The zero-order valence-electron chi connectivity index (χ0n) is 12.7. The molecule has 1 rings (SSSR count). The van der Waals surface area contributed by atoms with Crippen molar-refractivity contribution in [1.82, 2.24) is 4.90 Å². The van der Waals surface area contributed by atoms with Crippen LogP contribution in [0.2, 0.25) is 0 Å². The highest BCUT2D eigenvalue weighted by molar-refractivity contribution is 5.69. The molecule has 3 nitrogen and oxygen atoms in total. The van der Waals surface area contributed by atoms with E-state index in [1.807, 2.05) is 0 Å². The van der Waals surface area contributed by atoms with Gasteiger partial charge in [0, 0.05) is 25.9 Å². The monoisotopic (exact) mass is 268 g/mol. The molecule has 1 saturated heterocycles. The van der Waals surface area contributed by atoms with Crippen molar-refractivity contribution in [3.8, 4) is 0 Å². The first-order valence-electron chi connectivity index (χ1n) is 8.03. The molecule has 1 atom stereocenters. The first-order valence-corrected chi connectivity index (χ1v) is 8.03. The number of carbonyl (C=O) groups excluding carboxylic acids is 1. The van der Waals surface area contributed by atoms with Gasteiger partial charge >= 0.3 is 5.97 Å². The number of unbranched alkanes of at least 4 members (excludes halogenated alkanes) is 6. The Kier molecular flexibility index (Phi) is 8.89. The molecule has 1 aliphatic heterocycles. The summed E-state index contributed by atoms with van der Waals surface area (Å²) in [5, 5.41) is 0. The third-order valence-electron chi connectivity index (χ3n) is 3.75. The van der Waals surface area contributed by atoms with E-state index in [0.717, 1.165) is 32.4 Å². The second kappa shape index (κ2) is 10.2. The molecule has 0 spiro atoms. The molecule has 0 aromatic heterocycles. The van der Waals surface area contributed by atoms with Crippen LogP contribution in [0, 0.1) is 6.54 Å². The van der Waals surface area contributed by atoms with Crippen molar-refractivity contribution in [3.63, 3.8) is 0 Å². The molecule has 1 heterocycles. The van der Waals surface area contributed by atoms with E-state index in [2.05, 4.69) is 25.3 Å². The SMILES string of the molecule is CCCCCCCCCC(=O)OC1C[CH]N(CC)C1. The summed E-state index contributed by atoms with van der Waals surface area (Å²) in [6.45, 7) is 8.38. The van der Waals surface area contributed by atoms with Gasteiger partial charge in [0.25, 0.3) is 0 Å². The fourth-order valence-electron chi connectivity index (χ4n) is 2.49. The van der Waals surface area contributed by atoms with Gasteiger partial charge in [0.15, 0.2) is 0 Å². The molecule has 0 bridgehead atoms. The van der Waals surface area contributed by atoms with Crippen LogP contribution in [0.25, 0.3) is 0 Å². The molecule has 0 aromatic rings. The minimum absolute atomic E-state index is 0.00934. The zero-order chi connectivity index (χ0) is 13.9. The topological polar surface area (TPSA) is 29.5 Å². The number of hydrogen-bond donors (Lipinski definition) is 0. The van der Waals surface area contributed by atoms with Gasteiger partial charge in [-0.1, -0.05) is 52.4 Å². The molecule has 3 heteroatoms. The molecule has 1 unspecified atom stereocenters. The number of likely N-dealkylation sites (N-methyl/N-ethyl adjacent to an activating group) is 1. The normalized spacial score (nSPS) is 19.8. The smallest absolute Gasteiger partial charge is 0.306 e. The highest BCUT2D eigenvalue weighted by Crippen LogP contribution is 2.17. The Morgan fingerprint density at radius 2 is 1.84 bits per heavy atom.